The third kappa shape index (κ3) is 4.67. The molecular formula is C20H27N5O3S. The van der Waals surface area contributed by atoms with E-state index in [-0.39, 0.29) is 16.7 Å². The van der Waals surface area contributed by atoms with Crippen LogP contribution in [0.15, 0.2) is 39.6 Å². The Hall–Kier alpha value is -2.68. The number of rotatable bonds is 6. The zero-order valence-corrected chi connectivity index (χ0v) is 18.0. The minimum Gasteiger partial charge on any atom is -0.362 e. The number of carbonyl (C=O) groups is 1. The fraction of sp³-hybridized carbons (Fsp3) is 0.450. The number of hydrogen-bond donors (Lipinski definition) is 1. The largest absolute Gasteiger partial charge is 0.362 e. The first-order valence-corrected chi connectivity index (χ1v) is 11.2. The van der Waals surface area contributed by atoms with Gasteiger partial charge in [-0.2, -0.15) is 13.5 Å². The van der Waals surface area contributed by atoms with E-state index in [9.17, 15) is 13.2 Å². The van der Waals surface area contributed by atoms with Crippen LogP contribution in [-0.2, 0) is 16.6 Å². The molecule has 0 aliphatic carbocycles. The maximum Gasteiger partial charge on any atom is 0.284 e. The van der Waals surface area contributed by atoms with E-state index >= 15 is 0 Å². The first-order chi connectivity index (χ1) is 13.7. The van der Waals surface area contributed by atoms with Crippen molar-refractivity contribution in [1.82, 2.24) is 14.7 Å². The maximum atomic E-state index is 12.8. The van der Waals surface area contributed by atoms with Crippen molar-refractivity contribution in [2.24, 2.45) is 4.40 Å². The Morgan fingerprint density at radius 2 is 2.07 bits per heavy atom. The molecule has 0 unspecified atom stereocenters. The molecule has 0 bridgehead atoms. The number of hydrogen-bond acceptors (Lipinski definition) is 4. The van der Waals surface area contributed by atoms with E-state index in [1.807, 2.05) is 32.7 Å². The Morgan fingerprint density at radius 1 is 1.31 bits per heavy atom. The molecule has 1 N–H and O–H groups in total. The Labute approximate surface area is 171 Å². The number of anilines is 1. The highest BCUT2D eigenvalue weighted by molar-refractivity contribution is 7.90. The quantitative estimate of drug-likeness (QED) is 0.779. The zero-order chi connectivity index (χ0) is 21.2. The molecular weight excluding hydrogens is 390 g/mol. The number of nitrogens with one attached hydrogen (secondary N) is 1. The second kappa shape index (κ2) is 8.36. The molecule has 1 aromatic heterocycles. The lowest BCUT2D eigenvalue weighted by atomic mass is 10.1. The second-order valence-electron chi connectivity index (χ2n) is 7.41. The zero-order valence-electron chi connectivity index (χ0n) is 17.2. The number of nitrogens with zero attached hydrogens (tertiary/aromatic N) is 4. The molecule has 1 aliphatic rings. The predicted octanol–water partition coefficient (Wildman–Crippen LogP) is 3.09. The van der Waals surface area contributed by atoms with E-state index in [0.717, 1.165) is 18.7 Å². The van der Waals surface area contributed by atoms with Crippen molar-refractivity contribution in [3.05, 3.63) is 41.7 Å². The molecule has 1 aromatic carbocycles. The number of benzene rings is 1. The van der Waals surface area contributed by atoms with Crippen molar-refractivity contribution < 1.29 is 13.2 Å². The van der Waals surface area contributed by atoms with Gasteiger partial charge in [0.1, 0.15) is 11.5 Å². The summed E-state index contributed by atoms with van der Waals surface area (Å²) in [5.41, 5.74) is 1.67. The first kappa shape index (κ1) is 21.0. The van der Waals surface area contributed by atoms with Crippen LogP contribution >= 0.6 is 0 Å². The van der Waals surface area contributed by atoms with E-state index < -0.39 is 10.0 Å². The van der Waals surface area contributed by atoms with Gasteiger partial charge in [-0.1, -0.05) is 19.9 Å². The average molecular weight is 418 g/mol. The van der Waals surface area contributed by atoms with Crippen LogP contribution in [0.5, 0.6) is 0 Å². The molecule has 0 radical (unpaired) electrons. The summed E-state index contributed by atoms with van der Waals surface area (Å²) in [7, 11) is -2.01. The molecule has 0 spiro atoms. The summed E-state index contributed by atoms with van der Waals surface area (Å²) in [5, 5.41) is 7.23. The summed E-state index contributed by atoms with van der Waals surface area (Å²) >= 11 is 0. The number of likely N-dealkylation sites (tertiary alicyclic amines) is 1. The fourth-order valence-corrected chi connectivity index (χ4v) is 4.31. The normalized spacial score (nSPS) is 16.0. The summed E-state index contributed by atoms with van der Waals surface area (Å²) in [4.78, 5) is 14.7. The standard InChI is InChI=1S/C20H27N5O3S/c1-5-25-18(13-17(22-25)14(2)3)20(26)21-15-8-6-9-16(12-15)29(27,28)23-19-10-7-11-24(19)4/h6,8-9,12-14H,5,7,10-11H2,1-4H3,(H,21,26). The van der Waals surface area contributed by atoms with Crippen molar-refractivity contribution in [3.63, 3.8) is 0 Å². The van der Waals surface area contributed by atoms with E-state index in [1.54, 1.807) is 22.9 Å². The van der Waals surface area contributed by atoms with Crippen LogP contribution in [-0.4, -0.2) is 48.4 Å². The molecule has 8 nitrogen and oxygen atoms in total. The summed E-state index contributed by atoms with van der Waals surface area (Å²) in [6, 6.07) is 7.94. The molecule has 1 amide bonds. The van der Waals surface area contributed by atoms with Crippen molar-refractivity contribution in [1.29, 1.82) is 0 Å². The highest BCUT2D eigenvalue weighted by atomic mass is 32.2. The Balaban J connectivity index is 1.84. The average Bonchev–Trinajstić information content (AvgIpc) is 3.28. The van der Waals surface area contributed by atoms with Gasteiger partial charge in [0, 0.05) is 32.2 Å². The van der Waals surface area contributed by atoms with E-state index in [1.165, 1.54) is 12.1 Å². The van der Waals surface area contributed by atoms with Crippen LogP contribution in [0, 0.1) is 0 Å². The fourth-order valence-electron chi connectivity index (χ4n) is 3.17. The van der Waals surface area contributed by atoms with Crippen LogP contribution in [0.1, 0.15) is 55.7 Å². The Bertz CT molecular complexity index is 1040. The van der Waals surface area contributed by atoms with Gasteiger partial charge in [-0.25, -0.2) is 0 Å². The van der Waals surface area contributed by atoms with Gasteiger partial charge >= 0.3 is 0 Å². The molecule has 2 aromatic rings. The van der Waals surface area contributed by atoms with Gasteiger partial charge in [-0.15, -0.1) is 4.40 Å². The second-order valence-corrected chi connectivity index (χ2v) is 9.02. The maximum absolute atomic E-state index is 12.8. The molecule has 1 fully saturated rings. The highest BCUT2D eigenvalue weighted by Gasteiger charge is 2.21. The minimum atomic E-state index is -3.84. The molecule has 1 saturated heterocycles. The van der Waals surface area contributed by atoms with Crippen LogP contribution in [0.3, 0.4) is 0 Å². The molecule has 1 aliphatic heterocycles. The van der Waals surface area contributed by atoms with Gasteiger partial charge in [-0.05, 0) is 43.5 Å². The number of aryl methyl sites for hydroxylation is 1. The third-order valence-electron chi connectivity index (χ3n) is 4.87. The van der Waals surface area contributed by atoms with Gasteiger partial charge in [0.05, 0.1) is 10.6 Å². The Kier molecular flexibility index (Phi) is 6.07. The predicted molar refractivity (Wildman–Crippen MR) is 113 cm³/mol. The minimum absolute atomic E-state index is 0.0509. The van der Waals surface area contributed by atoms with E-state index in [2.05, 4.69) is 14.8 Å². The van der Waals surface area contributed by atoms with Crippen LogP contribution in [0.2, 0.25) is 0 Å². The number of carbonyl (C=O) groups excluding carboxylic acids is 1. The monoisotopic (exact) mass is 417 g/mol. The molecule has 0 saturated carbocycles. The van der Waals surface area contributed by atoms with Crippen LogP contribution in [0.25, 0.3) is 0 Å². The number of aromatic nitrogens is 2. The van der Waals surface area contributed by atoms with E-state index in [4.69, 9.17) is 0 Å². The van der Waals surface area contributed by atoms with Gasteiger partial charge in [-0.3, -0.25) is 9.48 Å². The summed E-state index contributed by atoms with van der Waals surface area (Å²) in [6.07, 6.45) is 1.54. The summed E-state index contributed by atoms with van der Waals surface area (Å²) < 4.78 is 31.0. The highest BCUT2D eigenvalue weighted by Crippen LogP contribution is 2.21. The topological polar surface area (TPSA) is 96.7 Å². The Morgan fingerprint density at radius 3 is 2.69 bits per heavy atom. The number of sulfonamides is 1. The first-order valence-electron chi connectivity index (χ1n) is 9.75. The molecule has 9 heteroatoms. The van der Waals surface area contributed by atoms with Crippen molar-refractivity contribution in [2.45, 2.75) is 51.0 Å². The summed E-state index contributed by atoms with van der Waals surface area (Å²) in [5.74, 6) is 0.436. The lowest BCUT2D eigenvalue weighted by Crippen LogP contribution is -2.20. The third-order valence-corrected chi connectivity index (χ3v) is 6.17. The van der Waals surface area contributed by atoms with Crippen molar-refractivity contribution in [3.8, 4) is 0 Å². The SMILES string of the molecule is CCn1nc(C(C)C)cc1C(=O)Nc1cccc(S(=O)(=O)N=C2CCCN2C)c1. The molecule has 0 atom stereocenters. The summed E-state index contributed by atoms with van der Waals surface area (Å²) in [6.45, 7) is 7.31. The number of amides is 1. The van der Waals surface area contributed by atoms with Gasteiger partial charge < -0.3 is 10.2 Å². The van der Waals surface area contributed by atoms with Crippen LogP contribution in [0.4, 0.5) is 5.69 Å². The van der Waals surface area contributed by atoms with Crippen molar-refractivity contribution >= 4 is 27.5 Å². The van der Waals surface area contributed by atoms with E-state index in [0.29, 0.717) is 30.2 Å². The number of amidine groups is 1. The lowest BCUT2D eigenvalue weighted by molar-refractivity contribution is 0.101. The molecule has 2 heterocycles. The van der Waals surface area contributed by atoms with Gasteiger partial charge in [0.25, 0.3) is 15.9 Å². The van der Waals surface area contributed by atoms with Crippen LogP contribution < -0.4 is 5.32 Å². The molecule has 29 heavy (non-hydrogen) atoms. The van der Waals surface area contributed by atoms with Gasteiger partial charge in [0.15, 0.2) is 0 Å². The lowest BCUT2D eigenvalue weighted by Gasteiger charge is -2.11. The smallest absolute Gasteiger partial charge is 0.284 e. The molecule has 3 rings (SSSR count). The molecule has 156 valence electrons. The van der Waals surface area contributed by atoms with Crippen molar-refractivity contribution in [2.75, 3.05) is 18.9 Å². The van der Waals surface area contributed by atoms with Gasteiger partial charge in [0.2, 0.25) is 0 Å².